The number of nitrogens with zero attached hydrogens (tertiary/aromatic N) is 2. The summed E-state index contributed by atoms with van der Waals surface area (Å²) < 4.78 is 25.0. The van der Waals surface area contributed by atoms with Crippen molar-refractivity contribution in [1.29, 1.82) is 0 Å². The molecule has 10 heteroatoms. The standard InChI is InChI=1S/C37H39ClN2O6S/c1-4-6-7-8-20-44-29-16-18-30(19-17-29)45-21-22-46-31-11-9-10-26(23-31)24-32-35(41)40-34(27-12-14-28(38)15-13-27)33(36(42)43-5-2)25(3)39-37(40)47-32/h9-19,23-24,34H,4-8,20-22H2,1-3H3/b32-24+/t34-/m0/s1. The molecule has 0 saturated heterocycles. The van der Waals surface area contributed by atoms with Gasteiger partial charge in [0.2, 0.25) is 0 Å². The van der Waals surface area contributed by atoms with Crippen LogP contribution >= 0.6 is 22.9 Å². The zero-order valence-corrected chi connectivity index (χ0v) is 28.4. The number of hydrogen-bond acceptors (Lipinski definition) is 8. The molecule has 1 aliphatic rings. The lowest BCUT2D eigenvalue weighted by molar-refractivity contribution is -0.139. The third-order valence-corrected chi connectivity index (χ3v) is 8.80. The van der Waals surface area contributed by atoms with Crippen LogP contribution in [0.4, 0.5) is 0 Å². The molecular weight excluding hydrogens is 636 g/mol. The van der Waals surface area contributed by atoms with E-state index in [1.54, 1.807) is 30.5 Å². The van der Waals surface area contributed by atoms with Crippen LogP contribution in [-0.4, -0.2) is 37.0 Å². The molecule has 0 radical (unpaired) electrons. The Bertz CT molecular complexity index is 1880. The Morgan fingerprint density at radius 2 is 1.57 bits per heavy atom. The van der Waals surface area contributed by atoms with Crippen LogP contribution in [0.2, 0.25) is 5.02 Å². The first kappa shape index (κ1) is 34.0. The van der Waals surface area contributed by atoms with Gasteiger partial charge in [-0.15, -0.1) is 0 Å². The van der Waals surface area contributed by atoms with Gasteiger partial charge in [-0.1, -0.05) is 73.4 Å². The molecule has 0 amide bonds. The van der Waals surface area contributed by atoms with Gasteiger partial charge in [-0.3, -0.25) is 9.36 Å². The predicted octanol–water partition coefficient (Wildman–Crippen LogP) is 6.87. The van der Waals surface area contributed by atoms with Crippen molar-refractivity contribution in [2.75, 3.05) is 26.4 Å². The number of allylic oxidation sites excluding steroid dienone is 1. The van der Waals surface area contributed by atoms with Gasteiger partial charge >= 0.3 is 5.97 Å². The van der Waals surface area contributed by atoms with Crippen LogP contribution < -0.4 is 29.1 Å². The summed E-state index contributed by atoms with van der Waals surface area (Å²) in [5.41, 5.74) is 2.11. The molecule has 2 heterocycles. The van der Waals surface area contributed by atoms with Gasteiger partial charge in [-0.2, -0.15) is 0 Å². The van der Waals surface area contributed by atoms with E-state index in [0.29, 0.717) is 44.6 Å². The minimum atomic E-state index is -0.696. The predicted molar refractivity (Wildman–Crippen MR) is 185 cm³/mol. The van der Waals surface area contributed by atoms with E-state index in [-0.39, 0.29) is 12.2 Å². The summed E-state index contributed by atoms with van der Waals surface area (Å²) in [5.74, 6) is 1.73. The molecular formula is C37H39ClN2O6S. The zero-order chi connectivity index (χ0) is 33.2. The molecule has 47 heavy (non-hydrogen) atoms. The van der Waals surface area contributed by atoms with Crippen molar-refractivity contribution in [2.45, 2.75) is 52.5 Å². The second kappa shape index (κ2) is 16.5. The molecule has 0 saturated carbocycles. The number of unbranched alkanes of at least 4 members (excludes halogenated alkanes) is 3. The van der Waals surface area contributed by atoms with E-state index in [1.807, 2.05) is 66.7 Å². The molecule has 1 atom stereocenters. The summed E-state index contributed by atoms with van der Waals surface area (Å²) in [7, 11) is 0. The Morgan fingerprint density at radius 1 is 0.894 bits per heavy atom. The lowest BCUT2D eigenvalue weighted by atomic mass is 9.96. The van der Waals surface area contributed by atoms with Crippen molar-refractivity contribution in [3.8, 4) is 17.2 Å². The van der Waals surface area contributed by atoms with Crippen LogP contribution in [0, 0.1) is 0 Å². The van der Waals surface area contributed by atoms with Crippen molar-refractivity contribution in [3.05, 3.63) is 120 Å². The maximum Gasteiger partial charge on any atom is 0.338 e. The summed E-state index contributed by atoms with van der Waals surface area (Å²) in [6.07, 6.45) is 6.50. The average Bonchev–Trinajstić information content (AvgIpc) is 3.37. The summed E-state index contributed by atoms with van der Waals surface area (Å²) in [5, 5.41) is 0.556. The number of carbonyl (C=O) groups is 1. The van der Waals surface area contributed by atoms with Gasteiger partial charge in [-0.25, -0.2) is 9.79 Å². The number of hydrogen-bond donors (Lipinski definition) is 0. The summed E-state index contributed by atoms with van der Waals surface area (Å²) in [6.45, 7) is 7.35. The largest absolute Gasteiger partial charge is 0.494 e. The van der Waals surface area contributed by atoms with E-state index in [4.69, 9.17) is 30.5 Å². The Kier molecular flexibility index (Phi) is 11.9. The molecule has 0 bridgehead atoms. The van der Waals surface area contributed by atoms with Crippen LogP contribution in [0.5, 0.6) is 17.2 Å². The maximum absolute atomic E-state index is 13.9. The zero-order valence-electron chi connectivity index (χ0n) is 26.9. The van der Waals surface area contributed by atoms with Crippen molar-refractivity contribution in [2.24, 2.45) is 4.99 Å². The number of thiazole rings is 1. The summed E-state index contributed by atoms with van der Waals surface area (Å²) in [4.78, 5) is 32.1. The Balaban J connectivity index is 1.27. The van der Waals surface area contributed by atoms with Gasteiger partial charge < -0.3 is 18.9 Å². The topological polar surface area (TPSA) is 88.4 Å². The Hall–Kier alpha value is -4.34. The first-order chi connectivity index (χ1) is 22.9. The lowest BCUT2D eigenvalue weighted by Crippen LogP contribution is -2.39. The summed E-state index contributed by atoms with van der Waals surface area (Å²) in [6, 6.07) is 21.5. The van der Waals surface area contributed by atoms with Gasteiger partial charge in [-0.05, 0) is 86.0 Å². The molecule has 3 aromatic carbocycles. The van der Waals surface area contributed by atoms with Crippen molar-refractivity contribution >= 4 is 35.0 Å². The fraction of sp³-hybridized carbons (Fsp3) is 0.324. The molecule has 8 nitrogen and oxygen atoms in total. The second-order valence-electron chi connectivity index (χ2n) is 11.0. The monoisotopic (exact) mass is 674 g/mol. The van der Waals surface area contributed by atoms with Crippen molar-refractivity contribution in [3.63, 3.8) is 0 Å². The van der Waals surface area contributed by atoms with Crippen LogP contribution in [0.15, 0.2) is 93.9 Å². The number of ether oxygens (including phenoxy) is 4. The van der Waals surface area contributed by atoms with Crippen LogP contribution in [0.3, 0.4) is 0 Å². The Labute approximate surface area is 283 Å². The number of aromatic nitrogens is 1. The molecule has 1 aliphatic heterocycles. The third-order valence-electron chi connectivity index (χ3n) is 7.57. The van der Waals surface area contributed by atoms with E-state index in [1.165, 1.54) is 30.6 Å². The average molecular weight is 675 g/mol. The number of esters is 1. The van der Waals surface area contributed by atoms with E-state index >= 15 is 0 Å². The lowest BCUT2D eigenvalue weighted by Gasteiger charge is -2.24. The van der Waals surface area contributed by atoms with Gasteiger partial charge in [0.05, 0.1) is 35.1 Å². The Morgan fingerprint density at radius 3 is 2.26 bits per heavy atom. The quantitative estimate of drug-likeness (QED) is 0.101. The number of carbonyl (C=O) groups excluding carboxylic acids is 1. The highest BCUT2D eigenvalue weighted by atomic mass is 35.5. The molecule has 4 aromatic rings. The van der Waals surface area contributed by atoms with E-state index in [2.05, 4.69) is 11.9 Å². The SMILES string of the molecule is CCCCCCOc1ccc(OCCOc2cccc(/C=c3/sc4n(c3=O)[C@@H](c3ccc(Cl)cc3)C(C(=O)OCC)=C(C)N=4)c2)cc1. The fourth-order valence-electron chi connectivity index (χ4n) is 5.27. The molecule has 246 valence electrons. The van der Waals surface area contributed by atoms with Crippen molar-refractivity contribution in [1.82, 2.24) is 4.57 Å². The molecule has 0 N–H and O–H groups in total. The fourth-order valence-corrected chi connectivity index (χ4v) is 6.44. The highest BCUT2D eigenvalue weighted by Crippen LogP contribution is 2.31. The van der Waals surface area contributed by atoms with Crippen LogP contribution in [-0.2, 0) is 9.53 Å². The van der Waals surface area contributed by atoms with Gasteiger partial charge in [0.1, 0.15) is 30.5 Å². The third kappa shape index (κ3) is 8.73. The maximum atomic E-state index is 13.9. The van der Waals surface area contributed by atoms with E-state index < -0.39 is 12.0 Å². The second-order valence-corrected chi connectivity index (χ2v) is 12.4. The number of fused-ring (bicyclic) bond motifs is 1. The van der Waals surface area contributed by atoms with Gasteiger partial charge in [0, 0.05) is 5.02 Å². The highest BCUT2D eigenvalue weighted by Gasteiger charge is 2.33. The number of benzene rings is 3. The molecule has 0 aliphatic carbocycles. The molecule has 1 aromatic heterocycles. The minimum Gasteiger partial charge on any atom is -0.494 e. The molecule has 5 rings (SSSR count). The minimum absolute atomic E-state index is 0.208. The van der Waals surface area contributed by atoms with Crippen LogP contribution in [0.25, 0.3) is 6.08 Å². The molecule has 0 unspecified atom stereocenters. The molecule has 0 spiro atoms. The summed E-state index contributed by atoms with van der Waals surface area (Å²) >= 11 is 7.42. The normalized spacial score (nSPS) is 14.4. The van der Waals surface area contributed by atoms with Gasteiger partial charge in [0.15, 0.2) is 4.80 Å². The smallest absolute Gasteiger partial charge is 0.338 e. The molecule has 0 fully saturated rings. The highest BCUT2D eigenvalue weighted by molar-refractivity contribution is 7.07. The number of rotatable bonds is 15. The number of halogens is 1. The van der Waals surface area contributed by atoms with Gasteiger partial charge in [0.25, 0.3) is 5.56 Å². The van der Waals surface area contributed by atoms with Crippen molar-refractivity contribution < 1.29 is 23.7 Å². The van der Waals surface area contributed by atoms with E-state index in [0.717, 1.165) is 35.7 Å². The van der Waals surface area contributed by atoms with E-state index in [9.17, 15) is 9.59 Å². The van der Waals surface area contributed by atoms with Crippen LogP contribution in [0.1, 0.15) is 63.6 Å². The first-order valence-electron chi connectivity index (χ1n) is 15.9. The first-order valence-corrected chi connectivity index (χ1v) is 17.1.